The molecule has 18 heavy (non-hydrogen) atoms. The molecule has 1 heterocycles. The summed E-state index contributed by atoms with van der Waals surface area (Å²) in [6.07, 6.45) is 0. The van der Waals surface area contributed by atoms with Gasteiger partial charge in [-0.2, -0.15) is 0 Å². The fourth-order valence-corrected chi connectivity index (χ4v) is 2.19. The highest BCUT2D eigenvalue weighted by atomic mass is 79.9. The van der Waals surface area contributed by atoms with E-state index in [1.807, 2.05) is 0 Å². The number of hydrogen-bond acceptors (Lipinski definition) is 4. The zero-order valence-electron chi connectivity index (χ0n) is 10.2. The molecule has 0 radical (unpaired) electrons. The van der Waals surface area contributed by atoms with Crippen molar-refractivity contribution in [3.63, 3.8) is 0 Å². The predicted octanol–water partition coefficient (Wildman–Crippen LogP) is 2.59. The van der Waals surface area contributed by atoms with Crippen LogP contribution in [0.15, 0.2) is 22.7 Å². The monoisotopic (exact) mass is 312 g/mol. The molecule has 0 N–H and O–H groups in total. The lowest BCUT2D eigenvalue weighted by molar-refractivity contribution is -0.153. The molecule has 96 valence electrons. The third kappa shape index (κ3) is 2.03. The molecule has 2 rings (SSSR count). The summed E-state index contributed by atoms with van der Waals surface area (Å²) in [6, 6.07) is 5.16. The van der Waals surface area contributed by atoms with Crippen LogP contribution in [0.4, 0.5) is 0 Å². The number of Topliss-reactive ketones (excluding diaryl/α,β-unsaturated/α-hetero) is 1. The quantitative estimate of drug-likeness (QED) is 0.622. The Morgan fingerprint density at radius 3 is 2.94 bits per heavy atom. The van der Waals surface area contributed by atoms with Crippen LogP contribution >= 0.6 is 15.9 Å². The number of fused-ring (bicyclic) bond motifs is 1. The number of halogens is 1. The van der Waals surface area contributed by atoms with Gasteiger partial charge in [-0.05, 0) is 32.0 Å². The number of carbonyl (C=O) groups is 2. The number of carbonyl (C=O) groups excluding carboxylic acids is 2. The van der Waals surface area contributed by atoms with Gasteiger partial charge < -0.3 is 9.47 Å². The summed E-state index contributed by atoms with van der Waals surface area (Å²) in [7, 11) is 0. The van der Waals surface area contributed by atoms with Gasteiger partial charge in [-0.15, -0.1) is 0 Å². The van der Waals surface area contributed by atoms with Gasteiger partial charge in [-0.3, -0.25) is 9.59 Å². The number of ketones is 1. The van der Waals surface area contributed by atoms with Crippen molar-refractivity contribution in [3.8, 4) is 5.75 Å². The van der Waals surface area contributed by atoms with Crippen LogP contribution in [0.5, 0.6) is 5.75 Å². The predicted molar refractivity (Wildman–Crippen MR) is 68.7 cm³/mol. The second kappa shape index (κ2) is 4.72. The molecule has 0 aliphatic carbocycles. The third-order valence-corrected chi connectivity index (χ3v) is 3.42. The van der Waals surface area contributed by atoms with Crippen molar-refractivity contribution in [1.29, 1.82) is 0 Å². The molecule has 1 atom stereocenters. The molecule has 1 aromatic rings. The van der Waals surface area contributed by atoms with Crippen molar-refractivity contribution >= 4 is 27.7 Å². The third-order valence-electron chi connectivity index (χ3n) is 2.93. The molecule has 0 amide bonds. The number of ether oxygens (including phenoxy) is 2. The van der Waals surface area contributed by atoms with E-state index in [0.29, 0.717) is 11.3 Å². The van der Waals surface area contributed by atoms with Crippen molar-refractivity contribution in [2.45, 2.75) is 13.8 Å². The molecule has 0 spiro atoms. The molecule has 4 nitrogen and oxygen atoms in total. The molecular formula is C13H13BrO4. The van der Waals surface area contributed by atoms with E-state index in [2.05, 4.69) is 15.9 Å². The minimum absolute atomic E-state index is 0.0132. The summed E-state index contributed by atoms with van der Waals surface area (Å²) in [5, 5.41) is 0. The average molecular weight is 313 g/mol. The van der Waals surface area contributed by atoms with Crippen molar-refractivity contribution in [3.05, 3.63) is 28.2 Å². The van der Waals surface area contributed by atoms with E-state index in [-0.39, 0.29) is 19.0 Å². The molecule has 0 bridgehead atoms. The van der Waals surface area contributed by atoms with Gasteiger partial charge in [0.05, 0.1) is 12.2 Å². The van der Waals surface area contributed by atoms with Gasteiger partial charge in [-0.25, -0.2) is 0 Å². The number of benzene rings is 1. The van der Waals surface area contributed by atoms with Crippen LogP contribution in [0.25, 0.3) is 0 Å². The van der Waals surface area contributed by atoms with Crippen LogP contribution in [-0.2, 0) is 9.53 Å². The van der Waals surface area contributed by atoms with Crippen molar-refractivity contribution < 1.29 is 19.1 Å². The largest absolute Gasteiger partial charge is 0.491 e. The Kier molecular flexibility index (Phi) is 3.43. The minimum Gasteiger partial charge on any atom is -0.491 e. The summed E-state index contributed by atoms with van der Waals surface area (Å²) >= 11 is 3.30. The first kappa shape index (κ1) is 13.1. The summed E-state index contributed by atoms with van der Waals surface area (Å²) in [6.45, 7) is 3.52. The van der Waals surface area contributed by atoms with Gasteiger partial charge in [0.15, 0.2) is 11.2 Å². The van der Waals surface area contributed by atoms with Crippen LogP contribution in [0.3, 0.4) is 0 Å². The maximum atomic E-state index is 12.4. The summed E-state index contributed by atoms with van der Waals surface area (Å²) in [5.74, 6) is -0.297. The van der Waals surface area contributed by atoms with Crippen LogP contribution in [-0.4, -0.2) is 25.0 Å². The normalized spacial score (nSPS) is 22.1. The van der Waals surface area contributed by atoms with Gasteiger partial charge in [0.25, 0.3) is 0 Å². The van der Waals surface area contributed by atoms with Crippen molar-refractivity contribution in [2.75, 3.05) is 13.2 Å². The van der Waals surface area contributed by atoms with Gasteiger partial charge in [0.1, 0.15) is 12.4 Å². The van der Waals surface area contributed by atoms with Gasteiger partial charge in [-0.1, -0.05) is 15.9 Å². The molecule has 0 saturated carbocycles. The lowest BCUT2D eigenvalue weighted by Crippen LogP contribution is -2.45. The van der Waals surface area contributed by atoms with E-state index in [1.165, 1.54) is 0 Å². The standard InChI is InChI=1S/C13H13BrO4/c1-3-17-12(16)13(2)7-18-10-5-4-8(14)6-9(10)11(13)15/h4-6H,3,7H2,1-2H3. The molecule has 0 aromatic heterocycles. The zero-order valence-corrected chi connectivity index (χ0v) is 11.7. The maximum Gasteiger partial charge on any atom is 0.323 e. The summed E-state index contributed by atoms with van der Waals surface area (Å²) in [5.41, 5.74) is -0.852. The maximum absolute atomic E-state index is 12.4. The highest BCUT2D eigenvalue weighted by Gasteiger charge is 2.47. The fraction of sp³-hybridized carbons (Fsp3) is 0.385. The lowest BCUT2D eigenvalue weighted by Gasteiger charge is -2.31. The Hall–Kier alpha value is -1.36. The Morgan fingerprint density at radius 2 is 2.28 bits per heavy atom. The molecule has 1 aliphatic rings. The van der Waals surface area contributed by atoms with Gasteiger partial charge in [0.2, 0.25) is 0 Å². The van der Waals surface area contributed by atoms with Crippen LogP contribution in [0.2, 0.25) is 0 Å². The summed E-state index contributed by atoms with van der Waals surface area (Å²) < 4.78 is 11.2. The van der Waals surface area contributed by atoms with Gasteiger partial charge >= 0.3 is 5.97 Å². The van der Waals surface area contributed by atoms with E-state index < -0.39 is 11.4 Å². The SMILES string of the molecule is CCOC(=O)C1(C)COc2ccc(Br)cc2C1=O. The Bertz CT molecular complexity index is 512. The lowest BCUT2D eigenvalue weighted by atomic mass is 9.81. The number of rotatable bonds is 2. The smallest absolute Gasteiger partial charge is 0.323 e. The number of hydrogen-bond donors (Lipinski definition) is 0. The Labute approximate surface area is 113 Å². The molecular weight excluding hydrogens is 300 g/mol. The van der Waals surface area contributed by atoms with Gasteiger partial charge in [0, 0.05) is 4.47 Å². The molecule has 5 heteroatoms. The molecule has 1 aromatic carbocycles. The minimum atomic E-state index is -1.26. The first-order chi connectivity index (χ1) is 8.49. The second-order valence-corrected chi connectivity index (χ2v) is 5.23. The first-order valence-electron chi connectivity index (χ1n) is 5.63. The van der Waals surface area contributed by atoms with E-state index in [4.69, 9.17) is 9.47 Å². The van der Waals surface area contributed by atoms with E-state index in [0.717, 1.165) is 4.47 Å². The topological polar surface area (TPSA) is 52.6 Å². The van der Waals surface area contributed by atoms with E-state index in [9.17, 15) is 9.59 Å². The zero-order chi connectivity index (χ0) is 13.3. The van der Waals surface area contributed by atoms with Crippen molar-refractivity contribution in [2.24, 2.45) is 5.41 Å². The summed E-state index contributed by atoms with van der Waals surface area (Å²) in [4.78, 5) is 24.3. The van der Waals surface area contributed by atoms with E-state index >= 15 is 0 Å². The Balaban J connectivity index is 2.41. The number of esters is 1. The molecule has 1 unspecified atom stereocenters. The molecule has 0 saturated heterocycles. The first-order valence-corrected chi connectivity index (χ1v) is 6.42. The average Bonchev–Trinajstić information content (AvgIpc) is 2.35. The molecule has 1 aliphatic heterocycles. The highest BCUT2D eigenvalue weighted by molar-refractivity contribution is 9.10. The van der Waals surface area contributed by atoms with Crippen LogP contribution < -0.4 is 4.74 Å². The molecule has 0 fully saturated rings. The van der Waals surface area contributed by atoms with Crippen LogP contribution in [0, 0.1) is 5.41 Å². The second-order valence-electron chi connectivity index (χ2n) is 4.31. The van der Waals surface area contributed by atoms with Crippen LogP contribution in [0.1, 0.15) is 24.2 Å². The highest BCUT2D eigenvalue weighted by Crippen LogP contribution is 2.36. The van der Waals surface area contributed by atoms with Crippen molar-refractivity contribution in [1.82, 2.24) is 0 Å². The Morgan fingerprint density at radius 1 is 1.56 bits per heavy atom. The fourth-order valence-electron chi connectivity index (χ4n) is 1.83. The van der Waals surface area contributed by atoms with E-state index in [1.54, 1.807) is 32.0 Å².